The molecule has 1 fully saturated rings. The van der Waals surface area contributed by atoms with Crippen LogP contribution in [-0.2, 0) is 9.53 Å². The number of anilines is 1. The molecule has 0 saturated carbocycles. The molecule has 1 aromatic carbocycles. The smallest absolute Gasteiger partial charge is 0.310 e. The Kier molecular flexibility index (Phi) is 5.39. The van der Waals surface area contributed by atoms with Crippen molar-refractivity contribution in [3.8, 4) is 0 Å². The predicted molar refractivity (Wildman–Crippen MR) is 85.7 cm³/mol. The van der Waals surface area contributed by atoms with Gasteiger partial charge in [0.25, 0.3) is 0 Å². The topological polar surface area (TPSA) is 46.6 Å². The van der Waals surface area contributed by atoms with E-state index in [0.29, 0.717) is 18.7 Å². The first-order valence-corrected chi connectivity index (χ1v) is 8.04. The van der Waals surface area contributed by atoms with Crippen molar-refractivity contribution < 1.29 is 14.3 Å². The average Bonchev–Trinajstić information content (AvgIpc) is 2.47. The highest BCUT2D eigenvalue weighted by Crippen LogP contribution is 2.30. The molecular formula is C16H20BrNO3. The van der Waals surface area contributed by atoms with Crippen molar-refractivity contribution >= 4 is 33.4 Å². The van der Waals surface area contributed by atoms with Crippen molar-refractivity contribution in [2.75, 3.05) is 24.6 Å². The van der Waals surface area contributed by atoms with Crippen molar-refractivity contribution in [3.05, 3.63) is 28.2 Å². The van der Waals surface area contributed by atoms with Gasteiger partial charge in [-0.25, -0.2) is 0 Å². The molecule has 1 atom stereocenters. The minimum atomic E-state index is -0.137. The van der Waals surface area contributed by atoms with E-state index in [-0.39, 0.29) is 17.7 Å². The number of nitrogens with zero attached hydrogens (tertiary/aromatic N) is 1. The number of esters is 1. The molecule has 0 N–H and O–H groups in total. The number of hydrogen-bond donors (Lipinski definition) is 0. The third-order valence-electron chi connectivity index (χ3n) is 3.72. The highest BCUT2D eigenvalue weighted by atomic mass is 79.9. The molecule has 21 heavy (non-hydrogen) atoms. The van der Waals surface area contributed by atoms with Crippen molar-refractivity contribution in [1.29, 1.82) is 0 Å². The second kappa shape index (κ2) is 7.07. The van der Waals surface area contributed by atoms with Gasteiger partial charge in [-0.3, -0.25) is 9.59 Å². The van der Waals surface area contributed by atoms with Crippen LogP contribution in [0, 0.1) is 5.92 Å². The summed E-state index contributed by atoms with van der Waals surface area (Å²) in [6.07, 6.45) is 1.77. The van der Waals surface area contributed by atoms with Crippen molar-refractivity contribution in [3.63, 3.8) is 0 Å². The summed E-state index contributed by atoms with van der Waals surface area (Å²) in [6.45, 7) is 5.26. The van der Waals surface area contributed by atoms with E-state index in [1.807, 2.05) is 25.1 Å². The lowest BCUT2D eigenvalue weighted by Gasteiger charge is -2.34. The zero-order chi connectivity index (χ0) is 15.4. The molecule has 4 nitrogen and oxygen atoms in total. The van der Waals surface area contributed by atoms with Gasteiger partial charge in [-0.05, 0) is 44.9 Å². The molecule has 0 radical (unpaired) electrons. The summed E-state index contributed by atoms with van der Waals surface area (Å²) >= 11 is 3.45. The summed E-state index contributed by atoms with van der Waals surface area (Å²) in [5, 5.41) is 0. The minimum absolute atomic E-state index is 0.0377. The molecule has 2 rings (SSSR count). The maximum absolute atomic E-state index is 11.9. The zero-order valence-corrected chi connectivity index (χ0v) is 14.0. The molecule has 5 heteroatoms. The minimum Gasteiger partial charge on any atom is -0.466 e. The Morgan fingerprint density at radius 3 is 2.86 bits per heavy atom. The number of carbonyl (C=O) groups excluding carboxylic acids is 2. The number of ether oxygens (including phenoxy) is 1. The first-order valence-electron chi connectivity index (χ1n) is 7.25. The fourth-order valence-electron chi connectivity index (χ4n) is 2.71. The number of hydrogen-bond acceptors (Lipinski definition) is 4. The Bertz CT molecular complexity index is 544. The summed E-state index contributed by atoms with van der Waals surface area (Å²) < 4.78 is 6.06. The molecule has 1 aliphatic rings. The molecule has 114 valence electrons. The molecule has 0 aromatic heterocycles. The number of piperidine rings is 1. The summed E-state index contributed by atoms with van der Waals surface area (Å²) in [4.78, 5) is 25.9. The first-order chi connectivity index (χ1) is 10.0. The zero-order valence-electron chi connectivity index (χ0n) is 12.4. The van der Waals surface area contributed by atoms with E-state index in [1.54, 1.807) is 6.92 Å². The highest BCUT2D eigenvalue weighted by Gasteiger charge is 2.28. The average molecular weight is 354 g/mol. The third kappa shape index (κ3) is 3.84. The molecular weight excluding hydrogens is 334 g/mol. The van der Waals surface area contributed by atoms with Gasteiger partial charge < -0.3 is 9.64 Å². The number of halogens is 1. The normalized spacial score (nSPS) is 18.4. The largest absolute Gasteiger partial charge is 0.466 e. The molecule has 1 aliphatic heterocycles. The fourth-order valence-corrected chi connectivity index (χ4v) is 3.06. The van der Waals surface area contributed by atoms with Crippen LogP contribution in [0.3, 0.4) is 0 Å². The Hall–Kier alpha value is -1.36. The van der Waals surface area contributed by atoms with Crippen molar-refractivity contribution in [2.24, 2.45) is 5.92 Å². The van der Waals surface area contributed by atoms with E-state index >= 15 is 0 Å². The van der Waals surface area contributed by atoms with Gasteiger partial charge in [-0.2, -0.15) is 0 Å². The summed E-state index contributed by atoms with van der Waals surface area (Å²) in [5.41, 5.74) is 1.59. The van der Waals surface area contributed by atoms with Crippen molar-refractivity contribution in [2.45, 2.75) is 26.7 Å². The molecule has 1 heterocycles. The summed E-state index contributed by atoms with van der Waals surface area (Å²) in [6, 6.07) is 5.65. The van der Waals surface area contributed by atoms with E-state index in [9.17, 15) is 9.59 Å². The number of Topliss-reactive ketones (excluding diaryl/α,β-unsaturated/α-hetero) is 1. The second-order valence-electron chi connectivity index (χ2n) is 5.25. The first kappa shape index (κ1) is 16.0. The van der Waals surface area contributed by atoms with Crippen LogP contribution in [0.5, 0.6) is 0 Å². The van der Waals surface area contributed by atoms with Gasteiger partial charge >= 0.3 is 5.97 Å². The molecule has 0 bridgehead atoms. The van der Waals surface area contributed by atoms with Crippen LogP contribution in [0.15, 0.2) is 22.7 Å². The van der Waals surface area contributed by atoms with Gasteiger partial charge in [0.05, 0.1) is 12.5 Å². The maximum atomic E-state index is 11.9. The third-order valence-corrected chi connectivity index (χ3v) is 4.21. The van der Waals surface area contributed by atoms with Crippen LogP contribution in [0.1, 0.15) is 37.0 Å². The molecule has 1 saturated heterocycles. The monoisotopic (exact) mass is 353 g/mol. The number of benzene rings is 1. The van der Waals surface area contributed by atoms with Crippen LogP contribution < -0.4 is 4.90 Å². The standard InChI is InChI=1S/C16H20BrNO3/c1-3-21-16(20)12-5-4-8-18(10-12)15-9-13(17)6-7-14(15)11(2)19/h6-7,9,12H,3-5,8,10H2,1-2H3. The van der Waals surface area contributed by atoms with Crippen LogP contribution in [-0.4, -0.2) is 31.4 Å². The van der Waals surface area contributed by atoms with Gasteiger partial charge in [0.15, 0.2) is 5.78 Å². The van der Waals surface area contributed by atoms with E-state index in [0.717, 1.165) is 29.5 Å². The van der Waals surface area contributed by atoms with E-state index in [1.165, 1.54) is 0 Å². The van der Waals surface area contributed by atoms with Crippen LogP contribution in [0.25, 0.3) is 0 Å². The Labute approximate surface area is 133 Å². The number of ketones is 1. The van der Waals surface area contributed by atoms with Gasteiger partial charge in [-0.15, -0.1) is 0 Å². The molecule has 0 aliphatic carbocycles. The lowest BCUT2D eigenvalue weighted by molar-refractivity contribution is -0.148. The summed E-state index contributed by atoms with van der Waals surface area (Å²) in [7, 11) is 0. The Balaban J connectivity index is 2.23. The predicted octanol–water partition coefficient (Wildman–Crippen LogP) is 3.43. The van der Waals surface area contributed by atoms with Crippen LogP contribution in [0.4, 0.5) is 5.69 Å². The van der Waals surface area contributed by atoms with Gasteiger partial charge in [0.2, 0.25) is 0 Å². The number of rotatable bonds is 4. The second-order valence-corrected chi connectivity index (χ2v) is 6.17. The van der Waals surface area contributed by atoms with Crippen LogP contribution in [0.2, 0.25) is 0 Å². The van der Waals surface area contributed by atoms with E-state index in [4.69, 9.17) is 4.74 Å². The SMILES string of the molecule is CCOC(=O)C1CCCN(c2cc(Br)ccc2C(C)=O)C1. The van der Waals surface area contributed by atoms with Crippen LogP contribution >= 0.6 is 15.9 Å². The lowest BCUT2D eigenvalue weighted by atomic mass is 9.96. The van der Waals surface area contributed by atoms with Gasteiger partial charge in [0, 0.05) is 28.8 Å². The summed E-state index contributed by atoms with van der Waals surface area (Å²) in [5.74, 6) is -0.213. The molecule has 1 unspecified atom stereocenters. The molecule has 0 amide bonds. The lowest BCUT2D eigenvalue weighted by Crippen LogP contribution is -2.40. The highest BCUT2D eigenvalue weighted by molar-refractivity contribution is 9.10. The molecule has 0 spiro atoms. The van der Waals surface area contributed by atoms with E-state index in [2.05, 4.69) is 20.8 Å². The maximum Gasteiger partial charge on any atom is 0.310 e. The Morgan fingerprint density at radius 1 is 1.43 bits per heavy atom. The van der Waals surface area contributed by atoms with E-state index < -0.39 is 0 Å². The quantitative estimate of drug-likeness (QED) is 0.614. The Morgan fingerprint density at radius 2 is 2.19 bits per heavy atom. The van der Waals surface area contributed by atoms with Gasteiger partial charge in [-0.1, -0.05) is 15.9 Å². The number of carbonyl (C=O) groups is 2. The molecule has 1 aromatic rings. The van der Waals surface area contributed by atoms with Gasteiger partial charge in [0.1, 0.15) is 0 Å². The van der Waals surface area contributed by atoms with Crippen molar-refractivity contribution in [1.82, 2.24) is 0 Å². The fraction of sp³-hybridized carbons (Fsp3) is 0.500.